The molecule has 3 heterocycles. The summed E-state index contributed by atoms with van der Waals surface area (Å²) in [4.78, 5) is 25.1. The van der Waals surface area contributed by atoms with Gasteiger partial charge in [0.25, 0.3) is 0 Å². The van der Waals surface area contributed by atoms with E-state index in [1.807, 2.05) is 54.7 Å². The van der Waals surface area contributed by atoms with Gasteiger partial charge in [0.1, 0.15) is 5.82 Å². The lowest BCUT2D eigenvalue weighted by Gasteiger charge is -2.13. The first-order valence-corrected chi connectivity index (χ1v) is 19.7. The summed E-state index contributed by atoms with van der Waals surface area (Å²) in [6.07, 6.45) is 1.87. The third-order valence-corrected chi connectivity index (χ3v) is 10.9. The molecule has 0 N–H and O–H groups in total. The van der Waals surface area contributed by atoms with E-state index in [9.17, 15) is 0 Å². The fraction of sp³-hybridized carbons (Fsp3) is 0. The highest BCUT2D eigenvalue weighted by Gasteiger charge is 2.21. The summed E-state index contributed by atoms with van der Waals surface area (Å²) in [6.45, 7) is 0. The van der Waals surface area contributed by atoms with Crippen molar-refractivity contribution in [1.82, 2.24) is 29.5 Å². The molecular formula is C53H34N6. The first-order valence-electron chi connectivity index (χ1n) is 19.7. The number of aromatic nitrogens is 6. The lowest BCUT2D eigenvalue weighted by Crippen LogP contribution is -2.00. The maximum atomic E-state index is 5.34. The zero-order chi connectivity index (χ0) is 39.1. The third-order valence-electron chi connectivity index (χ3n) is 10.9. The van der Waals surface area contributed by atoms with Gasteiger partial charge in [-0.25, -0.2) is 19.9 Å². The summed E-state index contributed by atoms with van der Waals surface area (Å²) in [5, 5.41) is 3.25. The van der Waals surface area contributed by atoms with Crippen LogP contribution in [-0.4, -0.2) is 29.5 Å². The Morgan fingerprint density at radius 1 is 0.288 bits per heavy atom. The molecule has 59 heavy (non-hydrogen) atoms. The van der Waals surface area contributed by atoms with Gasteiger partial charge in [-0.3, -0.25) is 9.55 Å². The maximum absolute atomic E-state index is 5.34. The average Bonchev–Trinajstić information content (AvgIpc) is 3.74. The Bertz CT molecular complexity index is 3270. The molecule has 0 radical (unpaired) electrons. The second kappa shape index (κ2) is 14.4. The second-order valence-electron chi connectivity index (χ2n) is 14.5. The summed E-state index contributed by atoms with van der Waals surface area (Å²) in [5.41, 5.74) is 12.3. The highest BCUT2D eigenvalue weighted by Crippen LogP contribution is 2.39. The molecule has 0 saturated carbocycles. The molecule has 11 rings (SSSR count). The summed E-state index contributed by atoms with van der Waals surface area (Å²) >= 11 is 0. The fourth-order valence-electron chi connectivity index (χ4n) is 8.00. The Labute approximate surface area is 340 Å². The van der Waals surface area contributed by atoms with E-state index in [1.54, 1.807) is 0 Å². The van der Waals surface area contributed by atoms with E-state index < -0.39 is 0 Å². The van der Waals surface area contributed by atoms with Gasteiger partial charge in [-0.2, -0.15) is 0 Å². The van der Waals surface area contributed by atoms with Crippen LogP contribution in [0.15, 0.2) is 206 Å². The van der Waals surface area contributed by atoms with Crippen LogP contribution >= 0.6 is 0 Å². The lowest BCUT2D eigenvalue weighted by atomic mass is 10.0. The number of hydrogen-bond acceptors (Lipinski definition) is 5. The average molecular weight is 755 g/mol. The van der Waals surface area contributed by atoms with E-state index >= 15 is 0 Å². The van der Waals surface area contributed by atoms with Crippen molar-refractivity contribution < 1.29 is 0 Å². The summed E-state index contributed by atoms with van der Waals surface area (Å²) in [7, 11) is 0. The number of imidazole rings is 1. The van der Waals surface area contributed by atoms with E-state index in [2.05, 4.69) is 156 Å². The van der Waals surface area contributed by atoms with Crippen molar-refractivity contribution in [2.24, 2.45) is 0 Å². The standard InChI is InChI=1S/C53H34N6/c1-4-13-35(14-5-1)36-22-26-40(27-23-36)51-56-50(39-15-6-2-7-16-39)57-52(58-51)41-28-24-37(25-29-41)38-30-32-43(33-31-38)59-49-46-21-12-34-54-47(46)44-19-10-11-20-45(44)48(49)55-53(59)42-17-8-3-9-18-42/h1-34H. The van der Waals surface area contributed by atoms with E-state index in [0.717, 1.165) is 83.2 Å². The molecule has 3 aromatic heterocycles. The van der Waals surface area contributed by atoms with E-state index in [1.165, 1.54) is 5.56 Å². The van der Waals surface area contributed by atoms with Crippen LogP contribution < -0.4 is 0 Å². The Hall–Kier alpha value is -8.09. The predicted octanol–water partition coefficient (Wildman–Crippen LogP) is 12.9. The molecule has 0 fully saturated rings. The van der Waals surface area contributed by atoms with E-state index in [4.69, 9.17) is 24.9 Å². The number of hydrogen-bond donors (Lipinski definition) is 0. The predicted molar refractivity (Wildman–Crippen MR) is 240 cm³/mol. The van der Waals surface area contributed by atoms with Crippen molar-refractivity contribution in [3.05, 3.63) is 206 Å². The molecule has 0 spiro atoms. The minimum Gasteiger partial charge on any atom is -0.292 e. The topological polar surface area (TPSA) is 69.4 Å². The van der Waals surface area contributed by atoms with Gasteiger partial charge in [0.15, 0.2) is 17.5 Å². The summed E-state index contributed by atoms with van der Waals surface area (Å²) in [5.74, 6) is 2.78. The summed E-state index contributed by atoms with van der Waals surface area (Å²) in [6, 6.07) is 69.0. The van der Waals surface area contributed by atoms with Crippen LogP contribution in [0.25, 0.3) is 106 Å². The Kier molecular flexibility index (Phi) is 8.37. The summed E-state index contributed by atoms with van der Waals surface area (Å²) < 4.78 is 2.28. The third kappa shape index (κ3) is 6.20. The highest BCUT2D eigenvalue weighted by molar-refractivity contribution is 6.23. The fourth-order valence-corrected chi connectivity index (χ4v) is 8.00. The zero-order valence-corrected chi connectivity index (χ0v) is 31.8. The van der Waals surface area contributed by atoms with Crippen LogP contribution in [0.4, 0.5) is 0 Å². The van der Waals surface area contributed by atoms with E-state index in [0.29, 0.717) is 17.5 Å². The molecule has 0 amide bonds. The number of fused-ring (bicyclic) bond motifs is 6. The quantitative estimate of drug-likeness (QED) is 0.152. The van der Waals surface area contributed by atoms with Crippen LogP contribution in [0.3, 0.4) is 0 Å². The Morgan fingerprint density at radius 2 is 0.678 bits per heavy atom. The van der Waals surface area contributed by atoms with Gasteiger partial charge in [-0.05, 0) is 46.5 Å². The first kappa shape index (κ1) is 34.2. The van der Waals surface area contributed by atoms with Crippen molar-refractivity contribution >= 4 is 32.7 Å². The molecule has 0 aliphatic carbocycles. The lowest BCUT2D eigenvalue weighted by molar-refractivity contribution is 1.07. The SMILES string of the molecule is c1ccc(-c2ccc(-c3nc(-c4ccccc4)nc(-c4ccc(-c5ccc(-n6c(-c7ccccc7)nc7c8ccccc8c8ncccc8c76)cc5)cc4)n3)cc2)cc1. The molecule has 11 aromatic rings. The Morgan fingerprint density at radius 3 is 1.22 bits per heavy atom. The van der Waals surface area contributed by atoms with Crippen LogP contribution in [0.2, 0.25) is 0 Å². The van der Waals surface area contributed by atoms with Gasteiger partial charge in [0, 0.05) is 50.3 Å². The van der Waals surface area contributed by atoms with Crippen molar-refractivity contribution in [2.45, 2.75) is 0 Å². The van der Waals surface area contributed by atoms with Crippen LogP contribution in [0.5, 0.6) is 0 Å². The Balaban J connectivity index is 0.969. The molecule has 276 valence electrons. The minimum absolute atomic E-state index is 0.623. The van der Waals surface area contributed by atoms with Crippen molar-refractivity contribution in [1.29, 1.82) is 0 Å². The van der Waals surface area contributed by atoms with Gasteiger partial charge in [0.2, 0.25) is 0 Å². The smallest absolute Gasteiger partial charge is 0.164 e. The highest BCUT2D eigenvalue weighted by atomic mass is 15.1. The van der Waals surface area contributed by atoms with Gasteiger partial charge >= 0.3 is 0 Å². The molecule has 0 atom stereocenters. The molecule has 6 heteroatoms. The van der Waals surface area contributed by atoms with Gasteiger partial charge < -0.3 is 0 Å². The molecule has 0 bridgehead atoms. The van der Waals surface area contributed by atoms with Crippen molar-refractivity contribution in [3.63, 3.8) is 0 Å². The first-order chi connectivity index (χ1) is 29.2. The molecule has 0 unspecified atom stereocenters. The number of rotatable bonds is 7. The molecule has 0 aliphatic heterocycles. The van der Waals surface area contributed by atoms with Crippen LogP contribution in [0.1, 0.15) is 0 Å². The van der Waals surface area contributed by atoms with Crippen LogP contribution in [-0.2, 0) is 0 Å². The molecule has 0 saturated heterocycles. The molecule has 0 aliphatic rings. The number of pyridine rings is 1. The van der Waals surface area contributed by atoms with E-state index in [-0.39, 0.29) is 0 Å². The van der Waals surface area contributed by atoms with Gasteiger partial charge in [-0.15, -0.1) is 0 Å². The van der Waals surface area contributed by atoms with Gasteiger partial charge in [-0.1, -0.05) is 176 Å². The normalized spacial score (nSPS) is 11.4. The second-order valence-corrected chi connectivity index (χ2v) is 14.5. The monoisotopic (exact) mass is 754 g/mol. The number of nitrogens with zero attached hydrogens (tertiary/aromatic N) is 6. The zero-order valence-electron chi connectivity index (χ0n) is 31.8. The van der Waals surface area contributed by atoms with Crippen molar-refractivity contribution in [2.75, 3.05) is 0 Å². The number of benzene rings is 8. The molecular weight excluding hydrogens is 721 g/mol. The molecule has 8 aromatic carbocycles. The van der Waals surface area contributed by atoms with Crippen LogP contribution in [0, 0.1) is 0 Å². The minimum atomic E-state index is 0.623. The maximum Gasteiger partial charge on any atom is 0.164 e. The molecule has 6 nitrogen and oxygen atoms in total. The largest absolute Gasteiger partial charge is 0.292 e. The van der Waals surface area contributed by atoms with Crippen molar-refractivity contribution in [3.8, 4) is 73.5 Å². The van der Waals surface area contributed by atoms with Gasteiger partial charge in [0.05, 0.1) is 16.6 Å².